The molecule has 0 unspecified atom stereocenters. The number of hydrogen-bond donors (Lipinski definition) is 1. The van der Waals surface area contributed by atoms with E-state index in [1.54, 1.807) is 12.1 Å². The van der Waals surface area contributed by atoms with Crippen LogP contribution in [-0.2, 0) is 6.54 Å². The molecule has 1 nitrogen and oxygen atoms in total. The quantitative estimate of drug-likeness (QED) is 0.666. The second kappa shape index (κ2) is 5.73. The minimum atomic E-state index is -0.218. The predicted octanol–water partition coefficient (Wildman–Crippen LogP) is 3.07. The summed E-state index contributed by atoms with van der Waals surface area (Å²) >= 11 is 6.46. The predicted molar refractivity (Wildman–Crippen MR) is 59.6 cm³/mol. The molecule has 72 valence electrons. The van der Waals surface area contributed by atoms with Crippen LogP contribution in [0.25, 0.3) is 0 Å². The molecule has 0 saturated carbocycles. The van der Waals surface area contributed by atoms with Gasteiger partial charge in [-0.1, -0.05) is 22.0 Å². The molecule has 1 rings (SSSR count). The molecule has 13 heavy (non-hydrogen) atoms. The molecule has 0 aliphatic rings. The van der Waals surface area contributed by atoms with E-state index in [0.717, 1.165) is 24.0 Å². The fourth-order valence-electron chi connectivity index (χ4n) is 0.949. The second-order valence-electron chi connectivity index (χ2n) is 2.61. The summed E-state index contributed by atoms with van der Waals surface area (Å²) in [6.07, 6.45) is 0. The Hall–Kier alpha value is 0.0700. The molecule has 1 aromatic rings. The normalized spacial score (nSPS) is 10.4. The Morgan fingerprint density at radius 1 is 1.38 bits per heavy atom. The van der Waals surface area contributed by atoms with Crippen molar-refractivity contribution in [3.05, 3.63) is 34.1 Å². The highest BCUT2D eigenvalue weighted by Crippen LogP contribution is 2.16. The molecule has 0 heterocycles. The van der Waals surface area contributed by atoms with Gasteiger partial charge in [0.25, 0.3) is 0 Å². The Labute approximate surface area is 94.0 Å². The van der Waals surface area contributed by atoms with Gasteiger partial charge < -0.3 is 5.32 Å². The van der Waals surface area contributed by atoms with Crippen molar-refractivity contribution < 1.29 is 4.39 Å². The molecule has 4 heteroatoms. The van der Waals surface area contributed by atoms with Crippen LogP contribution >= 0.6 is 31.9 Å². The molecule has 0 aromatic heterocycles. The largest absolute Gasteiger partial charge is 0.312 e. The van der Waals surface area contributed by atoms with E-state index in [4.69, 9.17) is 0 Å². The smallest absolute Gasteiger partial charge is 0.137 e. The molecule has 0 bridgehead atoms. The lowest BCUT2D eigenvalue weighted by Gasteiger charge is -2.03. The van der Waals surface area contributed by atoms with Crippen LogP contribution in [-0.4, -0.2) is 11.9 Å². The Bertz CT molecular complexity index is 278. The maximum absolute atomic E-state index is 12.8. The first-order valence-corrected chi connectivity index (χ1v) is 5.86. The number of hydrogen-bond acceptors (Lipinski definition) is 1. The highest BCUT2D eigenvalue weighted by molar-refractivity contribution is 9.10. The van der Waals surface area contributed by atoms with Crippen LogP contribution in [0, 0.1) is 5.82 Å². The minimum Gasteiger partial charge on any atom is -0.312 e. The summed E-state index contributed by atoms with van der Waals surface area (Å²) in [6.45, 7) is 1.68. The van der Waals surface area contributed by atoms with Crippen LogP contribution in [0.5, 0.6) is 0 Å². The van der Waals surface area contributed by atoms with Gasteiger partial charge >= 0.3 is 0 Å². The summed E-state index contributed by atoms with van der Waals surface area (Å²) in [4.78, 5) is 0. The molecule has 0 atom stereocenters. The molecule has 1 N–H and O–H groups in total. The number of rotatable bonds is 4. The Morgan fingerprint density at radius 2 is 2.15 bits per heavy atom. The first kappa shape index (κ1) is 11.1. The van der Waals surface area contributed by atoms with Crippen LogP contribution in [0.15, 0.2) is 22.7 Å². The third-order valence-electron chi connectivity index (χ3n) is 1.58. The van der Waals surface area contributed by atoms with Crippen molar-refractivity contribution in [1.82, 2.24) is 5.32 Å². The SMILES string of the molecule is Fc1ccc(CNCCBr)cc1Br. The van der Waals surface area contributed by atoms with E-state index < -0.39 is 0 Å². The minimum absolute atomic E-state index is 0.218. The summed E-state index contributed by atoms with van der Waals surface area (Å²) in [5.41, 5.74) is 1.08. The van der Waals surface area contributed by atoms with E-state index >= 15 is 0 Å². The lowest BCUT2D eigenvalue weighted by Crippen LogP contribution is -2.15. The van der Waals surface area contributed by atoms with Crippen molar-refractivity contribution in [2.24, 2.45) is 0 Å². The molecular weight excluding hydrogens is 301 g/mol. The molecule has 0 amide bonds. The first-order valence-electron chi connectivity index (χ1n) is 3.94. The van der Waals surface area contributed by atoms with E-state index in [2.05, 4.69) is 37.2 Å². The monoisotopic (exact) mass is 309 g/mol. The summed E-state index contributed by atoms with van der Waals surface area (Å²) < 4.78 is 13.3. The Kier molecular flexibility index (Phi) is 4.91. The fourth-order valence-corrected chi connectivity index (χ4v) is 1.66. The van der Waals surface area contributed by atoms with Gasteiger partial charge in [0, 0.05) is 18.4 Å². The topological polar surface area (TPSA) is 12.0 Å². The molecule has 0 spiro atoms. The zero-order chi connectivity index (χ0) is 9.68. The lowest BCUT2D eigenvalue weighted by atomic mass is 10.2. The zero-order valence-corrected chi connectivity index (χ0v) is 10.2. The first-order chi connectivity index (χ1) is 6.24. The van der Waals surface area contributed by atoms with Gasteiger partial charge in [0.05, 0.1) is 4.47 Å². The van der Waals surface area contributed by atoms with Crippen LogP contribution in [0.2, 0.25) is 0 Å². The zero-order valence-electron chi connectivity index (χ0n) is 6.99. The van der Waals surface area contributed by atoms with Gasteiger partial charge in [-0.15, -0.1) is 0 Å². The van der Waals surface area contributed by atoms with E-state index in [1.807, 2.05) is 0 Å². The van der Waals surface area contributed by atoms with Crippen LogP contribution < -0.4 is 5.32 Å². The van der Waals surface area contributed by atoms with E-state index in [0.29, 0.717) is 4.47 Å². The van der Waals surface area contributed by atoms with Gasteiger partial charge in [0.1, 0.15) is 5.82 Å². The molecule has 0 saturated heterocycles. The second-order valence-corrected chi connectivity index (χ2v) is 4.26. The van der Waals surface area contributed by atoms with Crippen molar-refractivity contribution in [3.8, 4) is 0 Å². The third kappa shape index (κ3) is 3.75. The standard InChI is InChI=1S/C9H10Br2FN/c10-3-4-13-6-7-1-2-9(12)8(11)5-7/h1-2,5,13H,3-4,6H2. The molecule has 0 fully saturated rings. The third-order valence-corrected chi connectivity index (χ3v) is 2.59. The average molecular weight is 311 g/mol. The molecule has 0 aliphatic carbocycles. The number of alkyl halides is 1. The highest BCUT2D eigenvalue weighted by atomic mass is 79.9. The maximum atomic E-state index is 12.8. The summed E-state index contributed by atoms with van der Waals surface area (Å²) in [5.74, 6) is -0.218. The van der Waals surface area contributed by atoms with Gasteiger partial charge in [-0.05, 0) is 33.6 Å². The van der Waals surface area contributed by atoms with Crippen molar-refractivity contribution >= 4 is 31.9 Å². The summed E-state index contributed by atoms with van der Waals surface area (Å²) in [5, 5.41) is 4.13. The van der Waals surface area contributed by atoms with Gasteiger partial charge in [-0.2, -0.15) is 0 Å². The molecule has 0 aliphatic heterocycles. The van der Waals surface area contributed by atoms with Gasteiger partial charge in [0.15, 0.2) is 0 Å². The Morgan fingerprint density at radius 3 is 2.77 bits per heavy atom. The summed E-state index contributed by atoms with van der Waals surface area (Å²) in [7, 11) is 0. The lowest BCUT2D eigenvalue weighted by molar-refractivity contribution is 0.619. The van der Waals surface area contributed by atoms with Crippen molar-refractivity contribution in [3.63, 3.8) is 0 Å². The van der Waals surface area contributed by atoms with Crippen LogP contribution in [0.4, 0.5) is 4.39 Å². The highest BCUT2D eigenvalue weighted by Gasteiger charge is 1.99. The molecule has 1 aromatic carbocycles. The number of halogens is 3. The number of benzene rings is 1. The Balaban J connectivity index is 2.53. The van der Waals surface area contributed by atoms with Crippen LogP contribution in [0.1, 0.15) is 5.56 Å². The van der Waals surface area contributed by atoms with E-state index in [1.165, 1.54) is 6.07 Å². The molecule has 0 radical (unpaired) electrons. The van der Waals surface area contributed by atoms with Gasteiger partial charge in [-0.3, -0.25) is 0 Å². The fraction of sp³-hybridized carbons (Fsp3) is 0.333. The maximum Gasteiger partial charge on any atom is 0.137 e. The number of nitrogens with one attached hydrogen (secondary N) is 1. The van der Waals surface area contributed by atoms with Crippen LogP contribution in [0.3, 0.4) is 0 Å². The van der Waals surface area contributed by atoms with Crippen molar-refractivity contribution in [2.75, 3.05) is 11.9 Å². The molecular formula is C9H10Br2FN. The van der Waals surface area contributed by atoms with Gasteiger partial charge in [-0.25, -0.2) is 4.39 Å². The van der Waals surface area contributed by atoms with Crippen molar-refractivity contribution in [2.45, 2.75) is 6.54 Å². The van der Waals surface area contributed by atoms with E-state index in [9.17, 15) is 4.39 Å². The van der Waals surface area contributed by atoms with Gasteiger partial charge in [0.2, 0.25) is 0 Å². The van der Waals surface area contributed by atoms with E-state index in [-0.39, 0.29) is 5.82 Å². The average Bonchev–Trinajstić information content (AvgIpc) is 2.12. The summed E-state index contributed by atoms with van der Waals surface area (Å²) in [6, 6.07) is 5.03. The van der Waals surface area contributed by atoms with Crippen molar-refractivity contribution in [1.29, 1.82) is 0 Å².